The van der Waals surface area contributed by atoms with Crippen molar-refractivity contribution in [2.24, 2.45) is 17.3 Å². The standard InChI is InChI=1S/C14H24N2O3/c1-15(2)7-14-8-16(5-11(14)6-19-9-14)13(18)10-3-12(17)4-10/h10-12,17H,3-9H2,1-2H3/t10?,11-,12?,14+/m1/s1. The minimum atomic E-state index is -0.255. The lowest BCUT2D eigenvalue weighted by molar-refractivity contribution is -0.142. The molecule has 0 aromatic rings. The minimum Gasteiger partial charge on any atom is -0.393 e. The van der Waals surface area contributed by atoms with E-state index in [2.05, 4.69) is 19.0 Å². The lowest BCUT2D eigenvalue weighted by Crippen LogP contribution is -2.45. The molecule has 3 fully saturated rings. The van der Waals surface area contributed by atoms with Crippen LogP contribution >= 0.6 is 0 Å². The summed E-state index contributed by atoms with van der Waals surface area (Å²) < 4.78 is 5.66. The number of rotatable bonds is 3. The summed E-state index contributed by atoms with van der Waals surface area (Å²) in [7, 11) is 4.16. The van der Waals surface area contributed by atoms with E-state index < -0.39 is 0 Å². The number of amides is 1. The highest BCUT2D eigenvalue weighted by atomic mass is 16.5. The number of fused-ring (bicyclic) bond motifs is 1. The van der Waals surface area contributed by atoms with Gasteiger partial charge in [-0.05, 0) is 26.9 Å². The molecule has 19 heavy (non-hydrogen) atoms. The van der Waals surface area contributed by atoms with Crippen molar-refractivity contribution in [1.82, 2.24) is 9.80 Å². The monoisotopic (exact) mass is 268 g/mol. The van der Waals surface area contributed by atoms with E-state index in [1.165, 1.54) is 0 Å². The molecule has 0 bridgehead atoms. The molecule has 2 heterocycles. The van der Waals surface area contributed by atoms with Gasteiger partial charge in [0, 0.05) is 36.9 Å². The lowest BCUT2D eigenvalue weighted by atomic mass is 9.80. The third-order valence-electron chi connectivity index (χ3n) is 4.93. The molecular weight excluding hydrogens is 244 g/mol. The summed E-state index contributed by atoms with van der Waals surface area (Å²) >= 11 is 0. The van der Waals surface area contributed by atoms with Crippen LogP contribution in [0.4, 0.5) is 0 Å². The van der Waals surface area contributed by atoms with Gasteiger partial charge in [-0.3, -0.25) is 4.79 Å². The van der Waals surface area contributed by atoms with Crippen molar-refractivity contribution < 1.29 is 14.6 Å². The number of hydrogen-bond donors (Lipinski definition) is 1. The molecule has 0 aromatic carbocycles. The van der Waals surface area contributed by atoms with Crippen LogP contribution in [0.2, 0.25) is 0 Å². The van der Waals surface area contributed by atoms with Gasteiger partial charge >= 0.3 is 0 Å². The third-order valence-corrected chi connectivity index (χ3v) is 4.93. The van der Waals surface area contributed by atoms with Crippen LogP contribution in [0.15, 0.2) is 0 Å². The first-order valence-corrected chi connectivity index (χ1v) is 7.19. The number of aliphatic hydroxyl groups excluding tert-OH is 1. The Balaban J connectivity index is 1.66. The Bertz CT molecular complexity index is 368. The summed E-state index contributed by atoms with van der Waals surface area (Å²) in [6.07, 6.45) is 1.05. The zero-order chi connectivity index (χ0) is 13.6. The maximum Gasteiger partial charge on any atom is 0.225 e. The van der Waals surface area contributed by atoms with Crippen LogP contribution in [0.1, 0.15) is 12.8 Å². The van der Waals surface area contributed by atoms with Gasteiger partial charge in [0.1, 0.15) is 0 Å². The van der Waals surface area contributed by atoms with Gasteiger partial charge in [0.2, 0.25) is 5.91 Å². The molecule has 1 amide bonds. The number of carbonyl (C=O) groups excluding carboxylic acids is 1. The molecule has 3 rings (SSSR count). The fourth-order valence-electron chi connectivity index (χ4n) is 3.90. The molecule has 2 atom stereocenters. The summed E-state index contributed by atoms with van der Waals surface area (Å²) in [4.78, 5) is 16.6. The number of nitrogens with zero attached hydrogens (tertiary/aromatic N) is 2. The zero-order valence-corrected chi connectivity index (χ0v) is 11.8. The van der Waals surface area contributed by atoms with Gasteiger partial charge in [-0.15, -0.1) is 0 Å². The smallest absolute Gasteiger partial charge is 0.225 e. The molecule has 1 aliphatic carbocycles. The number of ether oxygens (including phenoxy) is 1. The Hall–Kier alpha value is -0.650. The van der Waals surface area contributed by atoms with Gasteiger partial charge in [0.25, 0.3) is 0 Å². The highest BCUT2D eigenvalue weighted by Gasteiger charge is 2.53. The van der Waals surface area contributed by atoms with Crippen LogP contribution in [0.5, 0.6) is 0 Å². The van der Waals surface area contributed by atoms with Gasteiger partial charge in [-0.25, -0.2) is 0 Å². The van der Waals surface area contributed by atoms with Crippen molar-refractivity contribution in [3.05, 3.63) is 0 Å². The van der Waals surface area contributed by atoms with Gasteiger partial charge in [-0.2, -0.15) is 0 Å². The summed E-state index contributed by atoms with van der Waals surface area (Å²) in [6.45, 7) is 4.19. The molecule has 1 N–H and O–H groups in total. The molecule has 5 heteroatoms. The van der Waals surface area contributed by atoms with Gasteiger partial charge in [0.05, 0.1) is 19.3 Å². The summed E-state index contributed by atoms with van der Waals surface area (Å²) in [6, 6.07) is 0. The molecule has 108 valence electrons. The second-order valence-corrected chi connectivity index (χ2v) is 6.85. The minimum absolute atomic E-state index is 0.0613. The molecule has 5 nitrogen and oxygen atoms in total. The number of likely N-dealkylation sites (tertiary alicyclic amines) is 1. The Kier molecular flexibility index (Phi) is 3.31. The zero-order valence-electron chi connectivity index (χ0n) is 11.8. The van der Waals surface area contributed by atoms with Crippen LogP contribution in [0.25, 0.3) is 0 Å². The summed E-state index contributed by atoms with van der Waals surface area (Å²) in [5, 5.41) is 9.34. The van der Waals surface area contributed by atoms with Gasteiger partial charge in [0.15, 0.2) is 0 Å². The van der Waals surface area contributed by atoms with Crippen molar-refractivity contribution in [2.75, 3.05) is 46.9 Å². The second-order valence-electron chi connectivity index (χ2n) is 6.85. The molecule has 0 aromatic heterocycles. The Morgan fingerprint density at radius 3 is 2.84 bits per heavy atom. The van der Waals surface area contributed by atoms with E-state index in [-0.39, 0.29) is 23.3 Å². The molecule has 2 saturated heterocycles. The van der Waals surface area contributed by atoms with Crippen molar-refractivity contribution in [3.8, 4) is 0 Å². The molecule has 2 aliphatic heterocycles. The fourth-order valence-corrected chi connectivity index (χ4v) is 3.90. The Morgan fingerprint density at radius 1 is 1.47 bits per heavy atom. The molecule has 3 aliphatic rings. The predicted octanol–water partition coefficient (Wildman–Crippen LogP) is -0.206. The van der Waals surface area contributed by atoms with Crippen LogP contribution in [-0.4, -0.2) is 73.9 Å². The SMILES string of the molecule is CN(C)C[C@]12COC[C@H]1CN(C(=O)C1CC(O)C1)C2. The number of carbonyl (C=O) groups is 1. The highest BCUT2D eigenvalue weighted by molar-refractivity contribution is 5.80. The van der Waals surface area contributed by atoms with E-state index in [1.54, 1.807) is 0 Å². The Morgan fingerprint density at radius 2 is 2.21 bits per heavy atom. The maximum atomic E-state index is 12.4. The summed E-state index contributed by atoms with van der Waals surface area (Å²) in [5.74, 6) is 0.785. The van der Waals surface area contributed by atoms with E-state index in [0.717, 1.165) is 32.8 Å². The quantitative estimate of drug-likeness (QED) is 0.770. The first kappa shape index (κ1) is 13.3. The third kappa shape index (κ3) is 2.28. The topological polar surface area (TPSA) is 53.0 Å². The predicted molar refractivity (Wildman–Crippen MR) is 70.6 cm³/mol. The van der Waals surface area contributed by atoms with Crippen molar-refractivity contribution in [3.63, 3.8) is 0 Å². The van der Waals surface area contributed by atoms with E-state index >= 15 is 0 Å². The fraction of sp³-hybridized carbons (Fsp3) is 0.929. The van der Waals surface area contributed by atoms with Gasteiger partial charge in [-0.1, -0.05) is 0 Å². The van der Waals surface area contributed by atoms with E-state index in [9.17, 15) is 9.90 Å². The largest absolute Gasteiger partial charge is 0.393 e. The van der Waals surface area contributed by atoms with Crippen molar-refractivity contribution in [1.29, 1.82) is 0 Å². The normalized spacial score (nSPS) is 41.5. The summed E-state index contributed by atoms with van der Waals surface area (Å²) in [5.41, 5.74) is 0.127. The molecular formula is C14H24N2O3. The van der Waals surface area contributed by atoms with Crippen LogP contribution in [0, 0.1) is 17.3 Å². The van der Waals surface area contributed by atoms with Crippen LogP contribution in [-0.2, 0) is 9.53 Å². The second kappa shape index (κ2) is 4.72. The van der Waals surface area contributed by atoms with E-state index in [0.29, 0.717) is 18.8 Å². The van der Waals surface area contributed by atoms with Crippen LogP contribution in [0.3, 0.4) is 0 Å². The molecule has 0 spiro atoms. The first-order valence-electron chi connectivity index (χ1n) is 7.19. The Labute approximate surface area is 114 Å². The van der Waals surface area contributed by atoms with E-state index in [1.807, 2.05) is 4.90 Å². The lowest BCUT2D eigenvalue weighted by Gasteiger charge is -2.34. The average Bonchev–Trinajstić information content (AvgIpc) is 2.78. The molecule has 0 radical (unpaired) electrons. The van der Waals surface area contributed by atoms with Crippen molar-refractivity contribution in [2.45, 2.75) is 18.9 Å². The number of hydrogen-bond acceptors (Lipinski definition) is 4. The van der Waals surface area contributed by atoms with E-state index in [4.69, 9.17) is 4.74 Å². The van der Waals surface area contributed by atoms with Gasteiger partial charge < -0.3 is 19.6 Å². The number of aliphatic hydroxyl groups is 1. The van der Waals surface area contributed by atoms with Crippen LogP contribution < -0.4 is 0 Å². The maximum absolute atomic E-state index is 12.4. The molecule has 0 unspecified atom stereocenters. The first-order chi connectivity index (χ1) is 9.00. The van der Waals surface area contributed by atoms with Crippen molar-refractivity contribution >= 4 is 5.91 Å². The average molecular weight is 268 g/mol. The molecule has 1 saturated carbocycles. The highest BCUT2D eigenvalue weighted by Crippen LogP contribution is 2.43.